The first kappa shape index (κ1) is 14.0. The van der Waals surface area contributed by atoms with Crippen LogP contribution in [0.4, 0.5) is 8.78 Å². The maximum Gasteiger partial charge on any atom is 0.243 e. The summed E-state index contributed by atoms with van der Waals surface area (Å²) in [4.78, 5) is -0.634. The van der Waals surface area contributed by atoms with Crippen molar-refractivity contribution in [1.82, 2.24) is 4.72 Å². The summed E-state index contributed by atoms with van der Waals surface area (Å²) in [7, 11) is -4.08. The molecule has 0 spiro atoms. The topological polar surface area (TPSA) is 66.4 Å². The monoisotopic (exact) mass is 265 g/mol. The quantitative estimate of drug-likeness (QED) is 0.835. The van der Waals surface area contributed by atoms with E-state index in [0.717, 1.165) is 12.1 Å². The standard InChI is InChI=1S/C10H13F2NO3S/c1-2-8(6-14)13-17(15,16)10-4-3-7(11)5-9(10)12/h3-5,8,13-14H,2,6H2,1H3/t8-/m0/s1. The Hall–Kier alpha value is -1.05. The number of halogens is 2. The molecule has 0 saturated heterocycles. The highest BCUT2D eigenvalue weighted by Gasteiger charge is 2.22. The lowest BCUT2D eigenvalue weighted by atomic mass is 10.3. The Morgan fingerprint density at radius 3 is 2.53 bits per heavy atom. The van der Waals surface area contributed by atoms with Crippen LogP contribution in [0.1, 0.15) is 13.3 Å². The summed E-state index contributed by atoms with van der Waals surface area (Å²) in [5.74, 6) is -2.01. The van der Waals surface area contributed by atoms with Crippen LogP contribution in [0.5, 0.6) is 0 Å². The lowest BCUT2D eigenvalue weighted by Gasteiger charge is -2.14. The summed E-state index contributed by atoms with van der Waals surface area (Å²) in [5.41, 5.74) is 0. The van der Waals surface area contributed by atoms with Crippen molar-refractivity contribution < 1.29 is 22.3 Å². The van der Waals surface area contributed by atoms with Crippen LogP contribution in [0.3, 0.4) is 0 Å². The third kappa shape index (κ3) is 3.45. The molecule has 2 N–H and O–H groups in total. The Morgan fingerprint density at radius 1 is 1.41 bits per heavy atom. The minimum Gasteiger partial charge on any atom is -0.395 e. The van der Waals surface area contributed by atoms with Crippen molar-refractivity contribution in [3.8, 4) is 0 Å². The molecule has 0 fully saturated rings. The SMILES string of the molecule is CC[C@@H](CO)NS(=O)(=O)c1ccc(F)cc1F. The van der Waals surface area contributed by atoms with Gasteiger partial charge >= 0.3 is 0 Å². The molecule has 0 aromatic heterocycles. The summed E-state index contributed by atoms with van der Waals surface area (Å²) < 4.78 is 51.5. The first-order valence-electron chi connectivity index (χ1n) is 4.99. The Balaban J connectivity index is 3.05. The normalized spacial score (nSPS) is 13.6. The molecule has 0 aliphatic heterocycles. The summed E-state index contributed by atoms with van der Waals surface area (Å²) in [5, 5.41) is 8.87. The fraction of sp³-hybridized carbons (Fsp3) is 0.400. The van der Waals surface area contributed by atoms with Crippen molar-refractivity contribution in [2.24, 2.45) is 0 Å². The molecule has 1 atom stereocenters. The van der Waals surface area contributed by atoms with E-state index in [9.17, 15) is 17.2 Å². The predicted molar refractivity (Wildman–Crippen MR) is 57.8 cm³/mol. The zero-order valence-corrected chi connectivity index (χ0v) is 9.97. The van der Waals surface area contributed by atoms with Gasteiger partial charge in [0.2, 0.25) is 10.0 Å². The Kier molecular flexibility index (Phi) is 4.55. The number of rotatable bonds is 5. The Morgan fingerprint density at radius 2 is 2.06 bits per heavy atom. The maximum atomic E-state index is 13.3. The van der Waals surface area contributed by atoms with Crippen molar-refractivity contribution in [2.75, 3.05) is 6.61 Å². The van der Waals surface area contributed by atoms with Crippen LogP contribution in [-0.4, -0.2) is 26.2 Å². The third-order valence-electron chi connectivity index (χ3n) is 2.22. The van der Waals surface area contributed by atoms with Crippen LogP contribution < -0.4 is 4.72 Å². The van der Waals surface area contributed by atoms with Gasteiger partial charge in [-0.25, -0.2) is 21.9 Å². The van der Waals surface area contributed by atoms with E-state index in [4.69, 9.17) is 5.11 Å². The van der Waals surface area contributed by atoms with Crippen LogP contribution in [-0.2, 0) is 10.0 Å². The van der Waals surface area contributed by atoms with Crippen molar-refractivity contribution in [1.29, 1.82) is 0 Å². The van der Waals surface area contributed by atoms with Gasteiger partial charge in [0, 0.05) is 12.1 Å². The van der Waals surface area contributed by atoms with Crippen LogP contribution in [0.2, 0.25) is 0 Å². The predicted octanol–water partition coefficient (Wildman–Crippen LogP) is 1.01. The number of aliphatic hydroxyl groups excluding tert-OH is 1. The molecule has 1 aromatic carbocycles. The first-order chi connectivity index (χ1) is 7.90. The second-order valence-electron chi connectivity index (χ2n) is 3.48. The van der Waals surface area contributed by atoms with E-state index < -0.39 is 39.2 Å². The van der Waals surface area contributed by atoms with Crippen molar-refractivity contribution in [3.05, 3.63) is 29.8 Å². The van der Waals surface area contributed by atoms with Gasteiger partial charge in [-0.15, -0.1) is 0 Å². The molecule has 7 heteroatoms. The number of benzene rings is 1. The maximum absolute atomic E-state index is 13.3. The van der Waals surface area contributed by atoms with Crippen LogP contribution in [0, 0.1) is 11.6 Å². The van der Waals surface area contributed by atoms with Crippen LogP contribution in [0.15, 0.2) is 23.1 Å². The molecule has 0 amide bonds. The Labute approximate surface area is 98.3 Å². The molecule has 96 valence electrons. The van der Waals surface area contributed by atoms with Crippen molar-refractivity contribution in [3.63, 3.8) is 0 Å². The molecule has 0 radical (unpaired) electrons. The Bertz CT molecular complexity index is 486. The van der Waals surface area contributed by atoms with E-state index in [1.165, 1.54) is 0 Å². The van der Waals surface area contributed by atoms with Gasteiger partial charge in [-0.2, -0.15) is 0 Å². The average molecular weight is 265 g/mol. The van der Waals surface area contributed by atoms with E-state index in [0.29, 0.717) is 12.5 Å². The summed E-state index contributed by atoms with van der Waals surface area (Å²) in [6.45, 7) is 1.28. The fourth-order valence-corrected chi connectivity index (χ4v) is 2.60. The van der Waals surface area contributed by atoms with E-state index in [1.54, 1.807) is 6.92 Å². The van der Waals surface area contributed by atoms with Gasteiger partial charge in [0.05, 0.1) is 6.61 Å². The number of sulfonamides is 1. The molecule has 0 aliphatic carbocycles. The van der Waals surface area contributed by atoms with E-state index in [-0.39, 0.29) is 0 Å². The van der Waals surface area contributed by atoms with E-state index in [2.05, 4.69) is 4.72 Å². The number of aliphatic hydroxyl groups is 1. The van der Waals surface area contributed by atoms with Gasteiger partial charge < -0.3 is 5.11 Å². The fourth-order valence-electron chi connectivity index (χ4n) is 1.23. The molecule has 17 heavy (non-hydrogen) atoms. The molecule has 0 unspecified atom stereocenters. The van der Waals surface area contributed by atoms with Crippen LogP contribution >= 0.6 is 0 Å². The smallest absolute Gasteiger partial charge is 0.243 e. The number of hydrogen-bond acceptors (Lipinski definition) is 3. The molecule has 1 aromatic rings. The lowest BCUT2D eigenvalue weighted by Crippen LogP contribution is -2.37. The molecule has 0 heterocycles. The van der Waals surface area contributed by atoms with Gasteiger partial charge in [-0.05, 0) is 18.6 Å². The highest BCUT2D eigenvalue weighted by molar-refractivity contribution is 7.89. The van der Waals surface area contributed by atoms with Gasteiger partial charge in [0.15, 0.2) is 0 Å². The largest absolute Gasteiger partial charge is 0.395 e. The molecular weight excluding hydrogens is 252 g/mol. The van der Waals surface area contributed by atoms with Gasteiger partial charge in [-0.1, -0.05) is 6.92 Å². The lowest BCUT2D eigenvalue weighted by molar-refractivity contribution is 0.253. The van der Waals surface area contributed by atoms with E-state index in [1.807, 2.05) is 0 Å². The molecule has 1 rings (SSSR count). The van der Waals surface area contributed by atoms with Crippen LogP contribution in [0.25, 0.3) is 0 Å². The summed E-state index contributed by atoms with van der Waals surface area (Å²) in [6, 6.07) is 1.51. The highest BCUT2D eigenvalue weighted by Crippen LogP contribution is 2.15. The summed E-state index contributed by atoms with van der Waals surface area (Å²) >= 11 is 0. The second-order valence-corrected chi connectivity index (χ2v) is 5.17. The van der Waals surface area contributed by atoms with Gasteiger partial charge in [0.25, 0.3) is 0 Å². The van der Waals surface area contributed by atoms with Crippen molar-refractivity contribution >= 4 is 10.0 Å². The first-order valence-corrected chi connectivity index (χ1v) is 6.47. The third-order valence-corrected chi connectivity index (χ3v) is 3.77. The van der Waals surface area contributed by atoms with E-state index >= 15 is 0 Å². The zero-order valence-electron chi connectivity index (χ0n) is 9.15. The van der Waals surface area contributed by atoms with Gasteiger partial charge in [0.1, 0.15) is 16.5 Å². The zero-order chi connectivity index (χ0) is 13.1. The molecular formula is C10H13F2NO3S. The average Bonchev–Trinajstić information content (AvgIpc) is 2.25. The molecule has 0 aliphatic rings. The summed E-state index contributed by atoms with van der Waals surface area (Å²) in [6.07, 6.45) is 0.360. The van der Waals surface area contributed by atoms with Gasteiger partial charge in [-0.3, -0.25) is 0 Å². The molecule has 0 saturated carbocycles. The minimum absolute atomic E-state index is 0.360. The number of hydrogen-bond donors (Lipinski definition) is 2. The minimum atomic E-state index is -4.08. The molecule has 0 bridgehead atoms. The number of nitrogens with one attached hydrogen (secondary N) is 1. The second kappa shape index (κ2) is 5.52. The van der Waals surface area contributed by atoms with Crippen molar-refractivity contribution in [2.45, 2.75) is 24.3 Å². The molecule has 4 nitrogen and oxygen atoms in total. The highest BCUT2D eigenvalue weighted by atomic mass is 32.2.